The van der Waals surface area contributed by atoms with E-state index in [9.17, 15) is 4.79 Å². The fourth-order valence-electron chi connectivity index (χ4n) is 5.08. The lowest BCUT2D eigenvalue weighted by atomic mass is 9.95. The average molecular weight is 549 g/mol. The molecule has 0 heterocycles. The molecule has 0 aliphatic carbocycles. The number of hydrogen-bond acceptors (Lipinski definition) is 3. The number of carbonyl (C=O) groups excluding carboxylic acids is 1. The zero-order valence-corrected chi connectivity index (χ0v) is 25.0. The second-order valence-corrected chi connectivity index (χ2v) is 10.7. The van der Waals surface area contributed by atoms with Crippen molar-refractivity contribution in [2.45, 2.75) is 72.3 Å². The molecule has 0 bridgehead atoms. The van der Waals surface area contributed by atoms with E-state index in [1.165, 1.54) is 22.3 Å². The lowest BCUT2D eigenvalue weighted by Crippen LogP contribution is -2.16. The topological polar surface area (TPSA) is 50.4 Å². The van der Waals surface area contributed by atoms with E-state index in [0.29, 0.717) is 23.6 Å². The summed E-state index contributed by atoms with van der Waals surface area (Å²) in [5.41, 5.74) is 8.36. The average Bonchev–Trinajstić information content (AvgIpc) is 2.98. The van der Waals surface area contributed by atoms with Crippen LogP contribution in [0.3, 0.4) is 0 Å². The van der Waals surface area contributed by atoms with Crippen molar-refractivity contribution in [1.82, 2.24) is 0 Å². The summed E-state index contributed by atoms with van der Waals surface area (Å²) < 4.78 is 5.91. The molecular weight excluding hydrogens is 504 g/mol. The lowest BCUT2D eigenvalue weighted by molar-refractivity contribution is 0.102. The van der Waals surface area contributed by atoms with Gasteiger partial charge in [0.1, 0.15) is 5.75 Å². The van der Waals surface area contributed by atoms with Gasteiger partial charge in [0.2, 0.25) is 0 Å². The minimum absolute atomic E-state index is 0.00687. The number of unbranched alkanes of at least 4 members (excludes halogenated alkanes) is 1. The van der Waals surface area contributed by atoms with E-state index in [0.717, 1.165) is 49.8 Å². The molecule has 0 fully saturated rings. The summed E-state index contributed by atoms with van der Waals surface area (Å²) in [7, 11) is 0. The van der Waals surface area contributed by atoms with Gasteiger partial charge in [0.05, 0.1) is 18.3 Å². The van der Waals surface area contributed by atoms with Gasteiger partial charge in [0.15, 0.2) is 0 Å². The highest BCUT2D eigenvalue weighted by Crippen LogP contribution is 2.30. The molecule has 2 N–H and O–H groups in total. The summed E-state index contributed by atoms with van der Waals surface area (Å²) in [6.07, 6.45) is 6.48. The number of amides is 1. The third-order valence-electron chi connectivity index (χ3n) is 7.38. The minimum Gasteiger partial charge on any atom is -0.491 e. The van der Waals surface area contributed by atoms with Gasteiger partial charge in [-0.1, -0.05) is 101 Å². The quantitative estimate of drug-likeness (QED) is 0.154. The van der Waals surface area contributed by atoms with Crippen molar-refractivity contribution in [3.63, 3.8) is 0 Å². The van der Waals surface area contributed by atoms with Crippen LogP contribution in [0.1, 0.15) is 90.7 Å². The van der Waals surface area contributed by atoms with Crippen molar-refractivity contribution < 1.29 is 9.53 Å². The zero-order valence-electron chi connectivity index (χ0n) is 25.0. The third kappa shape index (κ3) is 8.23. The van der Waals surface area contributed by atoms with E-state index in [2.05, 4.69) is 86.0 Å². The molecule has 4 aromatic carbocycles. The van der Waals surface area contributed by atoms with Crippen LogP contribution in [0.25, 0.3) is 0 Å². The number of anilines is 2. The summed E-state index contributed by atoms with van der Waals surface area (Å²) in [4.78, 5) is 13.3. The molecule has 214 valence electrons. The van der Waals surface area contributed by atoms with Crippen LogP contribution in [0.4, 0.5) is 11.4 Å². The van der Waals surface area contributed by atoms with Gasteiger partial charge in [-0.15, -0.1) is 0 Å². The molecule has 1 amide bonds. The Balaban J connectivity index is 1.55. The predicted octanol–water partition coefficient (Wildman–Crippen LogP) is 9.53. The maximum absolute atomic E-state index is 13.3. The number of benzene rings is 4. The van der Waals surface area contributed by atoms with Crippen LogP contribution in [-0.4, -0.2) is 12.5 Å². The molecule has 41 heavy (non-hydrogen) atoms. The van der Waals surface area contributed by atoms with Crippen molar-refractivity contribution in [2.24, 2.45) is 0 Å². The molecule has 0 radical (unpaired) electrons. The Hall–Kier alpha value is -4.05. The van der Waals surface area contributed by atoms with Crippen LogP contribution < -0.4 is 15.4 Å². The molecule has 0 unspecified atom stereocenters. The Morgan fingerprint density at radius 1 is 0.756 bits per heavy atom. The lowest BCUT2D eigenvalue weighted by Gasteiger charge is -2.22. The second-order valence-electron chi connectivity index (χ2n) is 10.7. The number of ether oxygens (including phenoxy) is 1. The van der Waals surface area contributed by atoms with Crippen LogP contribution in [0.15, 0.2) is 91.0 Å². The van der Waals surface area contributed by atoms with Gasteiger partial charge in [-0.2, -0.15) is 0 Å². The van der Waals surface area contributed by atoms with Crippen LogP contribution >= 0.6 is 0 Å². The molecule has 0 spiro atoms. The van der Waals surface area contributed by atoms with Gasteiger partial charge in [0.25, 0.3) is 5.91 Å². The van der Waals surface area contributed by atoms with Crippen LogP contribution in [-0.2, 0) is 12.8 Å². The number of rotatable bonds is 14. The molecular formula is C37H44N2O2. The van der Waals surface area contributed by atoms with E-state index in [-0.39, 0.29) is 11.9 Å². The number of hydrogen-bond donors (Lipinski definition) is 2. The molecule has 0 saturated heterocycles. The molecule has 0 saturated carbocycles. The normalized spacial score (nSPS) is 11.0. The largest absolute Gasteiger partial charge is 0.491 e. The molecule has 0 aromatic heterocycles. The molecule has 4 heteroatoms. The van der Waals surface area contributed by atoms with Gasteiger partial charge < -0.3 is 15.4 Å². The summed E-state index contributed by atoms with van der Waals surface area (Å²) in [5.74, 6) is 0.554. The van der Waals surface area contributed by atoms with Crippen molar-refractivity contribution in [2.75, 3.05) is 17.2 Å². The SMILES string of the molecule is CCCCOc1ccccc1NC(=O)c1ccc(NC(c2ccc(CCC)cc2)c2ccc(CCC)cc2)cc1C. The summed E-state index contributed by atoms with van der Waals surface area (Å²) in [6, 6.07) is 31.4. The summed E-state index contributed by atoms with van der Waals surface area (Å²) in [6.45, 7) is 9.17. The Bertz CT molecular complexity index is 1340. The number of aryl methyl sites for hydroxylation is 3. The first-order valence-electron chi connectivity index (χ1n) is 15.1. The maximum atomic E-state index is 13.3. The van der Waals surface area contributed by atoms with Crippen LogP contribution in [0.2, 0.25) is 0 Å². The van der Waals surface area contributed by atoms with E-state index in [1.54, 1.807) is 0 Å². The van der Waals surface area contributed by atoms with Gasteiger partial charge in [-0.25, -0.2) is 0 Å². The zero-order chi connectivity index (χ0) is 29.0. The highest BCUT2D eigenvalue weighted by Gasteiger charge is 2.17. The highest BCUT2D eigenvalue weighted by atomic mass is 16.5. The summed E-state index contributed by atoms with van der Waals surface area (Å²) in [5, 5.41) is 6.81. The number of para-hydroxylation sites is 2. The molecule has 4 aromatic rings. The third-order valence-corrected chi connectivity index (χ3v) is 7.38. The molecule has 4 nitrogen and oxygen atoms in total. The Morgan fingerprint density at radius 2 is 1.37 bits per heavy atom. The number of carbonyl (C=O) groups is 1. The smallest absolute Gasteiger partial charge is 0.256 e. The molecule has 0 aliphatic rings. The van der Waals surface area contributed by atoms with Gasteiger partial charge in [0, 0.05) is 11.3 Å². The molecule has 4 rings (SSSR count). The van der Waals surface area contributed by atoms with Crippen molar-refractivity contribution in [3.8, 4) is 5.75 Å². The fourth-order valence-corrected chi connectivity index (χ4v) is 5.08. The predicted molar refractivity (Wildman–Crippen MR) is 172 cm³/mol. The van der Waals surface area contributed by atoms with Gasteiger partial charge >= 0.3 is 0 Å². The Labute approximate surface area is 246 Å². The minimum atomic E-state index is -0.143. The first kappa shape index (κ1) is 29.9. The number of nitrogens with one attached hydrogen (secondary N) is 2. The first-order valence-corrected chi connectivity index (χ1v) is 15.1. The Morgan fingerprint density at radius 3 is 1.93 bits per heavy atom. The van der Waals surface area contributed by atoms with Crippen molar-refractivity contribution in [3.05, 3.63) is 124 Å². The first-order chi connectivity index (χ1) is 20.0. The van der Waals surface area contributed by atoms with E-state index in [4.69, 9.17) is 4.74 Å². The second kappa shape index (κ2) is 15.1. The summed E-state index contributed by atoms with van der Waals surface area (Å²) >= 11 is 0. The van der Waals surface area contributed by atoms with Crippen molar-refractivity contribution in [1.29, 1.82) is 0 Å². The standard InChI is InChI=1S/C37H44N2O2/c1-5-8-25-41-35-14-10-9-13-34(35)39-37(40)33-24-23-32(26-27(33)4)38-36(30-19-15-28(11-6-2)16-20-30)31-21-17-29(12-7-3)18-22-31/h9-10,13-24,26,36,38H,5-8,11-12,25H2,1-4H3,(H,39,40). The monoisotopic (exact) mass is 548 g/mol. The molecule has 0 atom stereocenters. The highest BCUT2D eigenvalue weighted by molar-refractivity contribution is 6.06. The van der Waals surface area contributed by atoms with Gasteiger partial charge in [-0.05, 0) is 84.3 Å². The van der Waals surface area contributed by atoms with Gasteiger partial charge in [-0.3, -0.25) is 4.79 Å². The van der Waals surface area contributed by atoms with E-state index in [1.807, 2.05) is 43.3 Å². The Kier molecular flexibility index (Phi) is 11.0. The fraction of sp³-hybridized carbons (Fsp3) is 0.324. The maximum Gasteiger partial charge on any atom is 0.256 e. The van der Waals surface area contributed by atoms with Crippen LogP contribution in [0, 0.1) is 6.92 Å². The van der Waals surface area contributed by atoms with Crippen molar-refractivity contribution >= 4 is 17.3 Å². The van der Waals surface area contributed by atoms with E-state index >= 15 is 0 Å². The van der Waals surface area contributed by atoms with Crippen LogP contribution in [0.5, 0.6) is 5.75 Å². The molecule has 0 aliphatic heterocycles. The van der Waals surface area contributed by atoms with E-state index < -0.39 is 0 Å².